The summed E-state index contributed by atoms with van der Waals surface area (Å²) >= 11 is 3.46. The minimum absolute atomic E-state index is 0. The van der Waals surface area contributed by atoms with Gasteiger partial charge >= 0.3 is 0 Å². The second kappa shape index (κ2) is 6.67. The molecule has 0 fully saturated rings. The van der Waals surface area contributed by atoms with Crippen LogP contribution in [0.25, 0.3) is 33.5 Å². The molecule has 0 spiro atoms. The van der Waals surface area contributed by atoms with Gasteiger partial charge in [-0.3, -0.25) is 0 Å². The molecule has 4 aromatic rings. The van der Waals surface area contributed by atoms with Crippen molar-refractivity contribution >= 4 is 27.0 Å². The van der Waals surface area contributed by atoms with E-state index < -0.39 is 0 Å². The van der Waals surface area contributed by atoms with Crippen molar-refractivity contribution in [1.82, 2.24) is 15.1 Å². The topological polar surface area (TPSA) is 54.7 Å². The van der Waals surface area contributed by atoms with Gasteiger partial charge in [0, 0.05) is 60.5 Å². The molecule has 1 aromatic carbocycles. The van der Waals surface area contributed by atoms with E-state index in [9.17, 15) is 0 Å². The summed E-state index contributed by atoms with van der Waals surface area (Å²) < 4.78 is 6.46. The van der Waals surface area contributed by atoms with Gasteiger partial charge in [0.25, 0.3) is 0 Å². The summed E-state index contributed by atoms with van der Waals surface area (Å²) in [6.07, 6.45) is 5.41. The molecule has 111 valence electrons. The van der Waals surface area contributed by atoms with Gasteiger partial charge in [-0.2, -0.15) is 29.8 Å². The van der Waals surface area contributed by atoms with Gasteiger partial charge in [0.1, 0.15) is 5.65 Å². The molecule has 23 heavy (non-hydrogen) atoms. The number of nitrogens with zero attached hydrogens (tertiary/aromatic N) is 2. The number of aromatic nitrogens is 3. The predicted molar refractivity (Wildman–Crippen MR) is 88.3 cm³/mol. The van der Waals surface area contributed by atoms with Crippen LogP contribution in [0.5, 0.6) is 0 Å². The summed E-state index contributed by atoms with van der Waals surface area (Å²) in [5.74, 6) is 0.730. The van der Waals surface area contributed by atoms with Crippen LogP contribution in [0, 0.1) is 13.0 Å². The number of H-pyrrole nitrogens is 1. The number of rotatable bonds is 2. The number of aromatic amines is 1. The zero-order valence-electron chi connectivity index (χ0n) is 12.3. The van der Waals surface area contributed by atoms with Crippen LogP contribution in [0.1, 0.15) is 5.56 Å². The van der Waals surface area contributed by atoms with E-state index in [1.165, 1.54) is 0 Å². The summed E-state index contributed by atoms with van der Waals surface area (Å²) in [6, 6.07) is 11.1. The molecule has 4 nitrogen and oxygen atoms in total. The standard InChI is InChI=1S/C17H11BrN3O.Y/c1-10-4-2-3-5-12(10)15-9-21-22-16(15)14-8-20-17-13(14)6-11(18)7-19-17;/h2-3,5-9H,1H3,(H,19,20);/q-1;. The summed E-state index contributed by atoms with van der Waals surface area (Å²) in [5.41, 5.74) is 4.84. The molecule has 0 aliphatic heterocycles. The normalized spacial score (nSPS) is 10.7. The number of nitrogens with one attached hydrogen (secondary N) is 1. The molecular formula is C17H11BrN3OY-. The number of halogens is 1. The third kappa shape index (κ3) is 2.93. The van der Waals surface area contributed by atoms with Gasteiger partial charge < -0.3 is 9.51 Å². The Morgan fingerprint density at radius 2 is 2.09 bits per heavy atom. The quantitative estimate of drug-likeness (QED) is 0.456. The Labute approximate surface area is 166 Å². The molecule has 3 aromatic heterocycles. The summed E-state index contributed by atoms with van der Waals surface area (Å²) in [5, 5.41) is 4.98. The van der Waals surface area contributed by atoms with Crippen LogP contribution in [0.2, 0.25) is 0 Å². The molecular weight excluding hydrogens is 431 g/mol. The number of hydrogen-bond acceptors (Lipinski definition) is 3. The van der Waals surface area contributed by atoms with Crippen LogP contribution in [-0.2, 0) is 32.7 Å². The van der Waals surface area contributed by atoms with Crippen LogP contribution in [0.3, 0.4) is 0 Å². The third-order valence-corrected chi connectivity index (χ3v) is 4.10. The van der Waals surface area contributed by atoms with Crippen LogP contribution in [0.15, 0.2) is 51.9 Å². The zero-order chi connectivity index (χ0) is 15.1. The summed E-state index contributed by atoms with van der Waals surface area (Å²) in [7, 11) is 0. The first-order chi connectivity index (χ1) is 10.7. The van der Waals surface area contributed by atoms with Crippen molar-refractivity contribution in [2.45, 2.75) is 6.92 Å². The van der Waals surface area contributed by atoms with E-state index in [4.69, 9.17) is 4.52 Å². The maximum absolute atomic E-state index is 5.54. The third-order valence-electron chi connectivity index (χ3n) is 3.67. The Balaban J connectivity index is 0.00000156. The van der Waals surface area contributed by atoms with Crippen LogP contribution in [-0.4, -0.2) is 15.1 Å². The Kier molecular flexibility index (Phi) is 4.80. The predicted octanol–water partition coefficient (Wildman–Crippen LogP) is 4.75. The van der Waals surface area contributed by atoms with E-state index in [-0.39, 0.29) is 32.7 Å². The fourth-order valence-electron chi connectivity index (χ4n) is 2.60. The van der Waals surface area contributed by atoms with Crippen LogP contribution >= 0.6 is 15.9 Å². The van der Waals surface area contributed by atoms with E-state index in [2.05, 4.69) is 37.1 Å². The number of hydrogen-bond donors (Lipinski definition) is 1. The van der Waals surface area contributed by atoms with Gasteiger partial charge in [-0.25, -0.2) is 4.98 Å². The Hall–Kier alpha value is -1.30. The Morgan fingerprint density at radius 3 is 2.91 bits per heavy atom. The number of benzene rings is 1. The van der Waals surface area contributed by atoms with Crippen molar-refractivity contribution in [2.24, 2.45) is 0 Å². The first-order valence-electron chi connectivity index (χ1n) is 6.79. The molecule has 0 aliphatic carbocycles. The number of aryl methyl sites for hydroxylation is 1. The van der Waals surface area contributed by atoms with Gasteiger partial charge in [0.15, 0.2) is 5.76 Å². The SMILES string of the molecule is Cc1[c-]cccc1-c1cnoc1-c1c[nH]c2ncc(Br)cc12.[Y]. The fourth-order valence-corrected chi connectivity index (χ4v) is 2.93. The van der Waals surface area contributed by atoms with Crippen LogP contribution in [0.4, 0.5) is 0 Å². The molecule has 1 N–H and O–H groups in total. The maximum atomic E-state index is 5.54. The van der Waals surface area contributed by atoms with Crippen molar-refractivity contribution in [3.05, 3.63) is 59.0 Å². The van der Waals surface area contributed by atoms with Crippen molar-refractivity contribution in [3.8, 4) is 22.5 Å². The molecule has 0 saturated heterocycles. The average Bonchev–Trinajstić information content (AvgIpc) is 3.13. The molecule has 3 heterocycles. The van der Waals surface area contributed by atoms with Crippen LogP contribution < -0.4 is 0 Å². The number of fused-ring (bicyclic) bond motifs is 1. The van der Waals surface area contributed by atoms with Crippen molar-refractivity contribution in [2.75, 3.05) is 0 Å². The molecule has 0 saturated carbocycles. The largest absolute Gasteiger partial charge is 0.357 e. The molecule has 6 heteroatoms. The monoisotopic (exact) mass is 441 g/mol. The van der Waals surface area contributed by atoms with E-state index >= 15 is 0 Å². The molecule has 1 radical (unpaired) electrons. The first-order valence-corrected chi connectivity index (χ1v) is 7.58. The van der Waals surface area contributed by atoms with Crippen molar-refractivity contribution in [1.29, 1.82) is 0 Å². The molecule has 0 atom stereocenters. The van der Waals surface area contributed by atoms with Gasteiger partial charge in [-0.15, -0.1) is 5.56 Å². The summed E-state index contributed by atoms with van der Waals surface area (Å²) in [4.78, 5) is 7.53. The Morgan fingerprint density at radius 1 is 1.22 bits per heavy atom. The van der Waals surface area contributed by atoms with Gasteiger partial charge in [0.05, 0.1) is 6.20 Å². The minimum atomic E-state index is 0. The molecule has 0 unspecified atom stereocenters. The zero-order valence-corrected chi connectivity index (χ0v) is 16.7. The molecule has 0 amide bonds. The van der Waals surface area contributed by atoms with Gasteiger partial charge in [-0.1, -0.05) is 12.1 Å². The maximum Gasteiger partial charge on any atom is 0.164 e. The smallest absolute Gasteiger partial charge is 0.164 e. The van der Waals surface area contributed by atoms with Crippen molar-refractivity contribution in [3.63, 3.8) is 0 Å². The Bertz CT molecular complexity index is 977. The fraction of sp³-hybridized carbons (Fsp3) is 0.0588. The van der Waals surface area contributed by atoms with E-state index in [0.29, 0.717) is 0 Å². The second-order valence-electron chi connectivity index (χ2n) is 5.03. The summed E-state index contributed by atoms with van der Waals surface area (Å²) in [6.45, 7) is 2.03. The van der Waals surface area contributed by atoms with Crippen molar-refractivity contribution < 1.29 is 37.2 Å². The molecule has 0 bridgehead atoms. The molecule has 4 rings (SSSR count). The van der Waals surface area contributed by atoms with E-state index in [1.807, 2.05) is 37.4 Å². The van der Waals surface area contributed by atoms with Gasteiger partial charge in [0.2, 0.25) is 0 Å². The van der Waals surface area contributed by atoms with Gasteiger partial charge in [-0.05, 0) is 27.6 Å². The first kappa shape index (κ1) is 16.6. The minimum Gasteiger partial charge on any atom is -0.357 e. The number of pyridine rings is 1. The second-order valence-corrected chi connectivity index (χ2v) is 5.95. The molecule has 0 aliphatic rings. The van der Waals surface area contributed by atoms with E-state index in [1.54, 1.807) is 12.4 Å². The average molecular weight is 442 g/mol. The van der Waals surface area contributed by atoms with E-state index in [0.717, 1.165) is 43.5 Å².